The van der Waals surface area contributed by atoms with Gasteiger partial charge in [0.25, 0.3) is 0 Å². The van der Waals surface area contributed by atoms with Crippen molar-refractivity contribution in [3.05, 3.63) is 17.6 Å². The van der Waals surface area contributed by atoms with Crippen LogP contribution in [0.2, 0.25) is 0 Å². The number of hydrogen-bond donors (Lipinski definition) is 1. The Labute approximate surface area is 102 Å². The molecule has 0 saturated carbocycles. The van der Waals surface area contributed by atoms with Crippen molar-refractivity contribution < 1.29 is 12.8 Å². The molecule has 1 N–H and O–H groups in total. The number of nitrogens with zero attached hydrogens (tertiary/aromatic N) is 1. The van der Waals surface area contributed by atoms with E-state index in [9.17, 15) is 8.42 Å². The molecule has 0 spiro atoms. The highest BCUT2D eigenvalue weighted by Gasteiger charge is 2.25. The lowest BCUT2D eigenvalue weighted by atomic mass is 10.4. The van der Waals surface area contributed by atoms with Gasteiger partial charge in [-0.15, -0.1) is 6.42 Å². The highest BCUT2D eigenvalue weighted by molar-refractivity contribution is 7.89. The molecule has 0 atom stereocenters. The van der Waals surface area contributed by atoms with E-state index in [0.29, 0.717) is 18.1 Å². The fourth-order valence-electron chi connectivity index (χ4n) is 1.42. The number of sulfonamides is 1. The molecule has 1 aromatic rings. The topological polar surface area (TPSA) is 62.6 Å². The summed E-state index contributed by atoms with van der Waals surface area (Å²) in [6.07, 6.45) is 5.11. The molecule has 17 heavy (non-hydrogen) atoms. The molecule has 1 aromatic heterocycles. The summed E-state index contributed by atoms with van der Waals surface area (Å²) < 4.78 is 30.7. The van der Waals surface area contributed by atoms with Gasteiger partial charge in [-0.25, -0.2) is 8.42 Å². The van der Waals surface area contributed by atoms with E-state index < -0.39 is 10.0 Å². The maximum atomic E-state index is 12.1. The molecule has 5 nitrogen and oxygen atoms in total. The largest absolute Gasteiger partial charge is 0.464 e. The molecule has 6 heteroatoms. The van der Waals surface area contributed by atoms with Gasteiger partial charge in [-0.3, -0.25) is 0 Å². The smallest absolute Gasteiger partial charge is 0.247 e. The fourth-order valence-corrected chi connectivity index (χ4v) is 2.69. The predicted octanol–water partition coefficient (Wildman–Crippen LogP) is 0.561. The number of terminal acetylenes is 1. The van der Waals surface area contributed by atoms with E-state index in [-0.39, 0.29) is 11.4 Å². The Bertz CT molecular complexity index is 525. The van der Waals surface area contributed by atoms with Crippen LogP contribution >= 0.6 is 0 Å². The minimum atomic E-state index is -3.56. The lowest BCUT2D eigenvalue weighted by Crippen LogP contribution is -2.27. The van der Waals surface area contributed by atoms with Gasteiger partial charge in [0, 0.05) is 13.1 Å². The summed E-state index contributed by atoms with van der Waals surface area (Å²) in [5, 5.41) is 2.90. The fraction of sp³-hybridized carbons (Fsp3) is 0.455. The van der Waals surface area contributed by atoms with Gasteiger partial charge in [0.2, 0.25) is 10.0 Å². The zero-order valence-corrected chi connectivity index (χ0v) is 11.0. The zero-order chi connectivity index (χ0) is 13.1. The first kappa shape index (κ1) is 13.8. The quantitative estimate of drug-likeness (QED) is 0.782. The number of aryl methyl sites for hydroxylation is 1. The molecule has 0 aliphatic rings. The third-order valence-electron chi connectivity index (χ3n) is 2.28. The van der Waals surface area contributed by atoms with E-state index in [4.69, 9.17) is 10.8 Å². The molecule has 0 fully saturated rings. The Morgan fingerprint density at radius 3 is 2.76 bits per heavy atom. The molecule has 0 bridgehead atoms. The minimum Gasteiger partial charge on any atom is -0.464 e. The second kappa shape index (κ2) is 5.36. The summed E-state index contributed by atoms with van der Waals surface area (Å²) in [6, 6.07) is 1.52. The van der Waals surface area contributed by atoms with E-state index in [1.54, 1.807) is 14.0 Å². The summed E-state index contributed by atoms with van der Waals surface area (Å²) in [5.41, 5.74) is 0. The van der Waals surface area contributed by atoms with E-state index in [0.717, 1.165) is 4.31 Å². The van der Waals surface area contributed by atoms with Crippen LogP contribution in [0.15, 0.2) is 15.4 Å². The maximum absolute atomic E-state index is 12.1. The summed E-state index contributed by atoms with van der Waals surface area (Å²) >= 11 is 0. The highest BCUT2D eigenvalue weighted by Crippen LogP contribution is 2.22. The van der Waals surface area contributed by atoms with Gasteiger partial charge < -0.3 is 9.73 Å². The summed E-state index contributed by atoms with van der Waals surface area (Å²) in [7, 11) is -0.356. The first-order valence-electron chi connectivity index (χ1n) is 5.07. The molecule has 0 aliphatic heterocycles. The monoisotopic (exact) mass is 256 g/mol. The van der Waals surface area contributed by atoms with E-state index >= 15 is 0 Å². The predicted molar refractivity (Wildman–Crippen MR) is 64.9 cm³/mol. The molecule has 0 amide bonds. The van der Waals surface area contributed by atoms with Crippen molar-refractivity contribution in [2.45, 2.75) is 18.4 Å². The second-order valence-corrected chi connectivity index (χ2v) is 5.64. The van der Waals surface area contributed by atoms with Crippen molar-refractivity contribution in [3.8, 4) is 12.3 Å². The molecule has 0 aliphatic carbocycles. The van der Waals surface area contributed by atoms with Crippen LogP contribution in [0, 0.1) is 19.3 Å². The van der Waals surface area contributed by atoms with Crippen LogP contribution in [0.3, 0.4) is 0 Å². The third-order valence-corrected chi connectivity index (χ3v) is 4.19. The summed E-state index contributed by atoms with van der Waals surface area (Å²) in [4.78, 5) is 0.167. The Morgan fingerprint density at radius 2 is 2.24 bits per heavy atom. The standard InChI is InChI=1S/C11H16N2O3S/c1-5-6-13(4)17(14,15)11-7-10(8-12-3)16-9(11)2/h1,7,12H,6,8H2,2-4H3. The van der Waals surface area contributed by atoms with Gasteiger partial charge in [-0.2, -0.15) is 4.31 Å². The number of rotatable bonds is 5. The Morgan fingerprint density at radius 1 is 1.59 bits per heavy atom. The minimum absolute atomic E-state index is 0.0360. The molecular weight excluding hydrogens is 240 g/mol. The van der Waals surface area contributed by atoms with Crippen LogP contribution < -0.4 is 5.32 Å². The van der Waals surface area contributed by atoms with E-state index in [2.05, 4.69) is 11.2 Å². The maximum Gasteiger partial charge on any atom is 0.247 e. The molecule has 0 aromatic carbocycles. The van der Waals surface area contributed by atoms with Gasteiger partial charge in [0.15, 0.2) is 0 Å². The van der Waals surface area contributed by atoms with Crippen LogP contribution in [-0.2, 0) is 16.6 Å². The van der Waals surface area contributed by atoms with Crippen LogP contribution in [0.1, 0.15) is 11.5 Å². The summed E-state index contributed by atoms with van der Waals surface area (Å²) in [6.45, 7) is 2.14. The number of furan rings is 1. The van der Waals surface area contributed by atoms with Crippen LogP contribution in [-0.4, -0.2) is 33.4 Å². The Hall–Kier alpha value is -1.29. The molecule has 1 rings (SSSR count). The van der Waals surface area contributed by atoms with Gasteiger partial charge in [0.1, 0.15) is 16.4 Å². The molecule has 0 radical (unpaired) electrons. The third kappa shape index (κ3) is 2.88. The number of nitrogens with one attached hydrogen (secondary N) is 1. The molecule has 94 valence electrons. The van der Waals surface area contributed by atoms with Crippen LogP contribution in [0.5, 0.6) is 0 Å². The van der Waals surface area contributed by atoms with Crippen molar-refractivity contribution in [2.75, 3.05) is 20.6 Å². The Balaban J connectivity index is 3.11. The molecule has 0 unspecified atom stereocenters. The zero-order valence-electron chi connectivity index (χ0n) is 10.1. The van der Waals surface area contributed by atoms with E-state index in [1.807, 2.05) is 0 Å². The lowest BCUT2D eigenvalue weighted by molar-refractivity contribution is 0.461. The van der Waals surface area contributed by atoms with Gasteiger partial charge in [-0.1, -0.05) is 5.92 Å². The average molecular weight is 256 g/mol. The molecule has 0 saturated heterocycles. The van der Waals surface area contributed by atoms with Crippen molar-refractivity contribution in [1.82, 2.24) is 9.62 Å². The van der Waals surface area contributed by atoms with Crippen molar-refractivity contribution in [3.63, 3.8) is 0 Å². The van der Waals surface area contributed by atoms with E-state index in [1.165, 1.54) is 13.1 Å². The van der Waals surface area contributed by atoms with Crippen molar-refractivity contribution in [1.29, 1.82) is 0 Å². The van der Waals surface area contributed by atoms with Crippen LogP contribution in [0.25, 0.3) is 0 Å². The Kier molecular flexibility index (Phi) is 4.34. The average Bonchev–Trinajstić information content (AvgIpc) is 2.61. The first-order valence-corrected chi connectivity index (χ1v) is 6.51. The summed E-state index contributed by atoms with van der Waals surface area (Å²) in [5.74, 6) is 3.25. The first-order chi connectivity index (χ1) is 7.93. The van der Waals surface area contributed by atoms with Gasteiger partial charge in [0.05, 0.1) is 13.1 Å². The lowest BCUT2D eigenvalue weighted by Gasteiger charge is -2.12. The van der Waals surface area contributed by atoms with Gasteiger partial charge in [-0.05, 0) is 14.0 Å². The molecule has 1 heterocycles. The second-order valence-electron chi connectivity index (χ2n) is 3.63. The highest BCUT2D eigenvalue weighted by atomic mass is 32.2. The normalized spacial score (nSPS) is 11.7. The van der Waals surface area contributed by atoms with Crippen LogP contribution in [0.4, 0.5) is 0 Å². The van der Waals surface area contributed by atoms with Gasteiger partial charge >= 0.3 is 0 Å². The van der Waals surface area contributed by atoms with Crippen molar-refractivity contribution >= 4 is 10.0 Å². The SMILES string of the molecule is C#CCN(C)S(=O)(=O)c1cc(CNC)oc1C. The number of hydrogen-bond acceptors (Lipinski definition) is 4. The van der Waals surface area contributed by atoms with Crippen molar-refractivity contribution in [2.24, 2.45) is 0 Å². The molecular formula is C11H16N2O3S.